The van der Waals surface area contributed by atoms with Gasteiger partial charge in [-0.25, -0.2) is 0 Å². The molecule has 0 aromatic heterocycles. The Morgan fingerprint density at radius 2 is 1.82 bits per heavy atom. The van der Waals surface area contributed by atoms with Crippen molar-refractivity contribution >= 4 is 17.4 Å². The molecular weight excluding hydrogens is 506 g/mol. The molecule has 208 valence electrons. The van der Waals surface area contributed by atoms with Crippen molar-refractivity contribution in [3.63, 3.8) is 0 Å². The fraction of sp³-hybridized carbons (Fsp3) is 0.333. The molecule has 0 radical (unpaired) electrons. The second-order valence-electron chi connectivity index (χ2n) is 10.3. The molecule has 1 amide bonds. The third-order valence-corrected chi connectivity index (χ3v) is 7.41. The average molecular weight is 542 g/mol. The zero-order chi connectivity index (χ0) is 28.2. The van der Waals surface area contributed by atoms with Gasteiger partial charge in [-0.05, 0) is 60.4 Å². The number of hydrogen-bond donors (Lipinski definition) is 1. The van der Waals surface area contributed by atoms with E-state index in [1.807, 2.05) is 49.4 Å². The molecule has 1 saturated heterocycles. The zero-order valence-corrected chi connectivity index (χ0v) is 23.2. The number of methoxy groups -OCH3 is 1. The van der Waals surface area contributed by atoms with E-state index in [4.69, 9.17) is 14.2 Å². The van der Waals surface area contributed by atoms with Crippen LogP contribution >= 0.6 is 0 Å². The van der Waals surface area contributed by atoms with Crippen LogP contribution < -0.4 is 14.2 Å². The summed E-state index contributed by atoms with van der Waals surface area (Å²) >= 11 is 0. The first-order valence-electron chi connectivity index (χ1n) is 13.8. The van der Waals surface area contributed by atoms with Gasteiger partial charge in [-0.2, -0.15) is 0 Å². The van der Waals surface area contributed by atoms with Gasteiger partial charge in [0.2, 0.25) is 0 Å². The Morgan fingerprint density at radius 1 is 1.02 bits per heavy atom. The highest BCUT2D eigenvalue weighted by atomic mass is 16.5. The van der Waals surface area contributed by atoms with Crippen LogP contribution in [0.4, 0.5) is 0 Å². The Hall–Kier alpha value is -4.26. The molecule has 1 N–H and O–H groups in total. The summed E-state index contributed by atoms with van der Waals surface area (Å²) in [6.45, 7) is 4.90. The van der Waals surface area contributed by atoms with Crippen LogP contribution in [0.15, 0.2) is 72.3 Å². The highest BCUT2D eigenvalue weighted by Gasteiger charge is 2.46. The van der Waals surface area contributed by atoms with Crippen molar-refractivity contribution in [1.82, 2.24) is 4.90 Å². The Balaban J connectivity index is 1.58. The average Bonchev–Trinajstić information content (AvgIpc) is 3.46. The number of amides is 1. The normalized spacial score (nSPS) is 19.4. The molecule has 0 spiro atoms. The first-order valence-corrected chi connectivity index (χ1v) is 13.8. The third-order valence-electron chi connectivity index (χ3n) is 7.41. The molecule has 2 heterocycles. The summed E-state index contributed by atoms with van der Waals surface area (Å²) in [4.78, 5) is 28.5. The van der Waals surface area contributed by atoms with Crippen LogP contribution in [0.5, 0.6) is 17.2 Å². The summed E-state index contributed by atoms with van der Waals surface area (Å²) in [6, 6.07) is 19.5. The molecule has 5 rings (SSSR count). The molecule has 2 aliphatic rings. The summed E-state index contributed by atoms with van der Waals surface area (Å²) < 4.78 is 17.4. The molecular formula is C33H35NO6. The minimum Gasteiger partial charge on any atom is -0.507 e. The molecule has 2 aliphatic heterocycles. The molecule has 0 saturated carbocycles. The minimum absolute atomic E-state index is 0.0408. The number of unbranched alkanes of at least 4 members (excludes halogenated alkanes) is 2. The van der Waals surface area contributed by atoms with Gasteiger partial charge in [0.25, 0.3) is 11.7 Å². The number of Topliss-reactive ketones (excluding diaryl/α,β-unsaturated/α-hetero) is 1. The van der Waals surface area contributed by atoms with Gasteiger partial charge in [0.1, 0.15) is 17.6 Å². The quantitative estimate of drug-likeness (QED) is 0.142. The summed E-state index contributed by atoms with van der Waals surface area (Å²) in [5.41, 5.74) is 3.00. The van der Waals surface area contributed by atoms with Crippen molar-refractivity contribution < 1.29 is 28.9 Å². The Bertz CT molecular complexity index is 1430. The van der Waals surface area contributed by atoms with Crippen LogP contribution in [-0.4, -0.2) is 41.5 Å². The zero-order valence-electron chi connectivity index (χ0n) is 23.2. The molecule has 40 heavy (non-hydrogen) atoms. The predicted octanol–water partition coefficient (Wildman–Crippen LogP) is 6.21. The van der Waals surface area contributed by atoms with Gasteiger partial charge in [0.15, 0.2) is 11.5 Å². The van der Waals surface area contributed by atoms with Crippen LogP contribution in [0, 0.1) is 0 Å². The van der Waals surface area contributed by atoms with E-state index in [0.29, 0.717) is 35.7 Å². The Morgan fingerprint density at radius 3 is 2.58 bits per heavy atom. The van der Waals surface area contributed by atoms with Crippen molar-refractivity contribution in [2.75, 3.05) is 13.7 Å². The number of aliphatic hydroxyl groups is 1. The first kappa shape index (κ1) is 27.3. The summed E-state index contributed by atoms with van der Waals surface area (Å²) in [5, 5.41) is 11.6. The lowest BCUT2D eigenvalue weighted by molar-refractivity contribution is -0.140. The van der Waals surface area contributed by atoms with Crippen molar-refractivity contribution in [2.45, 2.75) is 58.2 Å². The number of ether oxygens (including phenoxy) is 3. The predicted molar refractivity (Wildman–Crippen MR) is 153 cm³/mol. The van der Waals surface area contributed by atoms with E-state index in [0.717, 1.165) is 36.1 Å². The lowest BCUT2D eigenvalue weighted by Gasteiger charge is -2.26. The first-order chi connectivity index (χ1) is 19.4. The van der Waals surface area contributed by atoms with E-state index >= 15 is 0 Å². The molecule has 0 aliphatic carbocycles. The monoisotopic (exact) mass is 541 g/mol. The van der Waals surface area contributed by atoms with E-state index in [1.54, 1.807) is 31.4 Å². The van der Waals surface area contributed by atoms with Crippen LogP contribution in [0.1, 0.15) is 61.4 Å². The van der Waals surface area contributed by atoms with E-state index in [9.17, 15) is 14.7 Å². The number of ketones is 1. The van der Waals surface area contributed by atoms with E-state index in [2.05, 4.69) is 6.92 Å². The van der Waals surface area contributed by atoms with Gasteiger partial charge < -0.3 is 24.2 Å². The highest BCUT2D eigenvalue weighted by molar-refractivity contribution is 6.46. The second kappa shape index (κ2) is 11.9. The fourth-order valence-corrected chi connectivity index (χ4v) is 5.40. The lowest BCUT2D eigenvalue weighted by atomic mass is 9.94. The summed E-state index contributed by atoms with van der Waals surface area (Å²) in [7, 11) is 1.56. The van der Waals surface area contributed by atoms with Crippen molar-refractivity contribution in [3.05, 3.63) is 94.6 Å². The van der Waals surface area contributed by atoms with E-state index in [1.165, 1.54) is 4.90 Å². The lowest BCUT2D eigenvalue weighted by Crippen LogP contribution is -2.29. The van der Waals surface area contributed by atoms with Gasteiger partial charge in [0, 0.05) is 18.5 Å². The standard InChI is InChI=1S/C33H35NO6/c1-4-5-9-16-39-27-15-12-23(19-28(27)38-3)30-29(31(35)24-13-14-26-25(18-24)17-21(2)40-26)32(36)33(37)34(30)20-22-10-7-6-8-11-22/h6-8,10-15,18-19,21,30,35H,4-5,9,16-17,20H2,1-3H3/t21-,30-/m1/s1. The number of rotatable bonds is 10. The smallest absolute Gasteiger partial charge is 0.295 e. The van der Waals surface area contributed by atoms with Crippen LogP contribution in [0.2, 0.25) is 0 Å². The number of carbonyl (C=O) groups excluding carboxylic acids is 2. The molecule has 3 aromatic carbocycles. The Labute approximate surface area is 235 Å². The van der Waals surface area contributed by atoms with Crippen molar-refractivity contribution in [3.8, 4) is 17.2 Å². The van der Waals surface area contributed by atoms with Gasteiger partial charge >= 0.3 is 0 Å². The second-order valence-corrected chi connectivity index (χ2v) is 10.3. The maximum Gasteiger partial charge on any atom is 0.295 e. The van der Waals surface area contributed by atoms with E-state index in [-0.39, 0.29) is 24.0 Å². The van der Waals surface area contributed by atoms with Crippen molar-refractivity contribution in [2.24, 2.45) is 0 Å². The number of benzene rings is 3. The number of nitrogens with zero attached hydrogens (tertiary/aromatic N) is 1. The fourth-order valence-electron chi connectivity index (χ4n) is 5.40. The molecule has 0 unspecified atom stereocenters. The molecule has 7 heteroatoms. The summed E-state index contributed by atoms with van der Waals surface area (Å²) in [6.07, 6.45) is 3.85. The van der Waals surface area contributed by atoms with Crippen LogP contribution in [0.25, 0.3) is 5.76 Å². The largest absolute Gasteiger partial charge is 0.507 e. The van der Waals surface area contributed by atoms with E-state index < -0.39 is 17.7 Å². The molecule has 0 bridgehead atoms. The molecule has 1 fully saturated rings. The van der Waals surface area contributed by atoms with Gasteiger partial charge in [-0.15, -0.1) is 0 Å². The van der Waals surface area contributed by atoms with Gasteiger partial charge in [0.05, 0.1) is 25.3 Å². The number of fused-ring (bicyclic) bond motifs is 1. The molecule has 7 nitrogen and oxygen atoms in total. The Kier molecular flexibility index (Phi) is 8.10. The van der Waals surface area contributed by atoms with Crippen LogP contribution in [0.3, 0.4) is 0 Å². The number of hydrogen-bond acceptors (Lipinski definition) is 6. The number of aliphatic hydroxyl groups excluding tert-OH is 1. The minimum atomic E-state index is -0.813. The molecule has 2 atom stereocenters. The number of likely N-dealkylation sites (tertiary alicyclic amines) is 1. The van der Waals surface area contributed by atoms with Gasteiger partial charge in [-0.3, -0.25) is 9.59 Å². The van der Waals surface area contributed by atoms with Crippen LogP contribution in [-0.2, 0) is 22.6 Å². The maximum absolute atomic E-state index is 13.5. The SMILES string of the molecule is CCCCCOc1ccc([C@@H]2C(=C(O)c3ccc4c(c3)C[C@@H](C)O4)C(=O)C(=O)N2Cc2ccccc2)cc1OC. The molecule has 3 aromatic rings. The van der Waals surface area contributed by atoms with Crippen molar-refractivity contribution in [1.29, 1.82) is 0 Å². The summed E-state index contributed by atoms with van der Waals surface area (Å²) in [5.74, 6) is 0.275. The maximum atomic E-state index is 13.5. The third kappa shape index (κ3) is 5.41. The van der Waals surface area contributed by atoms with Gasteiger partial charge in [-0.1, -0.05) is 56.2 Å². The number of carbonyl (C=O) groups is 2. The topological polar surface area (TPSA) is 85.3 Å². The highest BCUT2D eigenvalue weighted by Crippen LogP contribution is 2.43.